The van der Waals surface area contributed by atoms with E-state index in [2.05, 4.69) is 33.8 Å². The van der Waals surface area contributed by atoms with E-state index in [1.165, 1.54) is 12.5 Å². The van der Waals surface area contributed by atoms with Crippen LogP contribution in [0.1, 0.15) is 99.3 Å². The summed E-state index contributed by atoms with van der Waals surface area (Å²) < 4.78 is 61.2. The minimum atomic E-state index is -1.86. The van der Waals surface area contributed by atoms with Crippen LogP contribution in [0.3, 0.4) is 0 Å². The number of methoxy groups -OCH3 is 1. The van der Waals surface area contributed by atoms with Crippen molar-refractivity contribution < 1.29 is 93.0 Å². The molecule has 1 spiro atoms. The molecule has 382 valence electrons. The van der Waals surface area contributed by atoms with Crippen molar-refractivity contribution in [3.05, 3.63) is 11.6 Å². The second-order valence-corrected chi connectivity index (χ2v) is 22.0. The Morgan fingerprint density at radius 1 is 0.731 bits per heavy atom. The van der Waals surface area contributed by atoms with Gasteiger partial charge in [-0.1, -0.05) is 39.3 Å². The zero-order chi connectivity index (χ0) is 48.1. The number of carbonyl (C=O) groups is 1. The second-order valence-electron chi connectivity index (χ2n) is 22.0. The summed E-state index contributed by atoms with van der Waals surface area (Å²) in [6.07, 6.45) is -13.3. The number of hydrogen-bond donors (Lipinski definition) is 8. The highest BCUT2D eigenvalue weighted by Crippen LogP contribution is 2.71. The van der Waals surface area contributed by atoms with Gasteiger partial charge < -0.3 is 88.2 Å². The lowest BCUT2D eigenvalue weighted by molar-refractivity contribution is -0.389. The molecule has 5 saturated heterocycles. The maximum absolute atomic E-state index is 12.1. The summed E-state index contributed by atoms with van der Waals surface area (Å²) in [5.74, 6) is 1.18. The molecule has 0 aromatic rings. The summed E-state index contributed by atoms with van der Waals surface area (Å²) in [6.45, 7) is 10.9. The fourth-order valence-electron chi connectivity index (χ4n) is 14.5. The molecule has 0 bridgehead atoms. The van der Waals surface area contributed by atoms with Crippen LogP contribution in [0.4, 0.5) is 0 Å². The number of ether oxygens (including phenoxy) is 10. The van der Waals surface area contributed by atoms with E-state index in [0.29, 0.717) is 42.4 Å². The van der Waals surface area contributed by atoms with Crippen LogP contribution in [0.25, 0.3) is 0 Å². The highest BCUT2D eigenvalue weighted by atomic mass is 16.8. The quantitative estimate of drug-likeness (QED) is 0.111. The lowest BCUT2D eigenvalue weighted by Gasteiger charge is -2.59. The number of rotatable bonds is 10. The Morgan fingerprint density at radius 3 is 2.12 bits per heavy atom. The van der Waals surface area contributed by atoms with Gasteiger partial charge in [-0.15, -0.1) is 0 Å². The van der Waals surface area contributed by atoms with Crippen LogP contribution in [0.5, 0.6) is 0 Å². The molecule has 67 heavy (non-hydrogen) atoms. The average Bonchev–Trinajstić information content (AvgIpc) is 3.75. The van der Waals surface area contributed by atoms with Crippen LogP contribution < -0.4 is 0 Å². The first-order valence-electron chi connectivity index (χ1n) is 24.8. The fourth-order valence-corrected chi connectivity index (χ4v) is 14.5. The lowest BCUT2D eigenvalue weighted by Crippen LogP contribution is -2.67. The molecule has 5 heterocycles. The van der Waals surface area contributed by atoms with Gasteiger partial charge in [0.1, 0.15) is 73.8 Å². The van der Waals surface area contributed by atoms with Crippen LogP contribution in [0, 0.1) is 46.3 Å². The van der Waals surface area contributed by atoms with Gasteiger partial charge in [-0.3, -0.25) is 4.79 Å². The molecule has 0 amide bonds. The van der Waals surface area contributed by atoms with Crippen molar-refractivity contribution in [2.45, 2.75) is 216 Å². The molecule has 27 atom stereocenters. The number of aliphatic hydroxyl groups is 8. The summed E-state index contributed by atoms with van der Waals surface area (Å²) >= 11 is 0. The van der Waals surface area contributed by atoms with E-state index in [1.54, 1.807) is 7.11 Å². The van der Waals surface area contributed by atoms with Gasteiger partial charge in [0.2, 0.25) is 0 Å². The third kappa shape index (κ3) is 8.68. The molecule has 8 N–H and O–H groups in total. The molecule has 8 fully saturated rings. The smallest absolute Gasteiger partial charge is 0.302 e. The number of carbonyl (C=O) groups excluding carboxylic acids is 1. The normalized spacial score (nSPS) is 55.2. The van der Waals surface area contributed by atoms with E-state index in [4.69, 9.17) is 47.4 Å². The van der Waals surface area contributed by atoms with E-state index < -0.39 is 123 Å². The Morgan fingerprint density at radius 2 is 1.42 bits per heavy atom. The molecular formula is C48H76O19. The van der Waals surface area contributed by atoms with E-state index in [0.717, 1.165) is 51.9 Å². The van der Waals surface area contributed by atoms with E-state index in [9.17, 15) is 45.6 Å². The fraction of sp³-hybridized carbons (Fsp3) is 0.938. The molecular weight excluding hydrogens is 881 g/mol. The molecule has 0 aromatic heterocycles. The number of allylic oxidation sites excluding steroid dienone is 1. The molecule has 4 aliphatic carbocycles. The highest BCUT2D eigenvalue weighted by Gasteiger charge is 2.69. The van der Waals surface area contributed by atoms with Crippen molar-refractivity contribution >= 4 is 5.97 Å². The molecule has 0 radical (unpaired) electrons. The molecule has 3 saturated carbocycles. The largest absolute Gasteiger partial charge is 0.463 e. The maximum atomic E-state index is 12.1. The highest BCUT2D eigenvalue weighted by molar-refractivity contribution is 5.65. The van der Waals surface area contributed by atoms with E-state index in [1.807, 2.05) is 0 Å². The molecule has 9 aliphatic rings. The van der Waals surface area contributed by atoms with Gasteiger partial charge in [0.25, 0.3) is 0 Å². The zero-order valence-corrected chi connectivity index (χ0v) is 39.8. The molecule has 19 nitrogen and oxygen atoms in total. The van der Waals surface area contributed by atoms with Crippen molar-refractivity contribution in [1.82, 2.24) is 0 Å². The summed E-state index contributed by atoms with van der Waals surface area (Å²) in [5, 5.41) is 87.0. The van der Waals surface area contributed by atoms with E-state index >= 15 is 0 Å². The minimum absolute atomic E-state index is 0.0708. The van der Waals surface area contributed by atoms with Gasteiger partial charge in [-0.25, -0.2) is 0 Å². The SMILES string of the molecule is CO[C@H]1O[C@]2(CC[C@H]1C)O[C@H]1C[C@H]3[C@@H]4CC=C5C[C@@H](O[C@@H]6O[C@H](CO)[C@@H](O[C@@H]7O[C@H](COC(C)=O)[C@@H](O)[C@H](O)[C@H]7O)[C@H](O)[C@H]6O[C@@H]6O[C@@H](C)[C@H](O)[C@@H](O)[C@H]6O)CC[C@]5(C)[C@H]4CC[C@]3(C)[C@H]1[C@@H]2C. The van der Waals surface area contributed by atoms with Gasteiger partial charge in [0.15, 0.2) is 30.9 Å². The van der Waals surface area contributed by atoms with Gasteiger partial charge in [-0.05, 0) is 92.8 Å². The Kier molecular flexibility index (Phi) is 14.4. The van der Waals surface area contributed by atoms with Crippen molar-refractivity contribution in [2.75, 3.05) is 20.3 Å². The van der Waals surface area contributed by atoms with Gasteiger partial charge >= 0.3 is 5.97 Å². The first kappa shape index (κ1) is 50.5. The first-order valence-corrected chi connectivity index (χ1v) is 24.8. The van der Waals surface area contributed by atoms with Crippen LogP contribution in [-0.2, 0) is 52.2 Å². The van der Waals surface area contributed by atoms with Crippen LogP contribution in [-0.4, -0.2) is 184 Å². The number of fused-ring (bicyclic) bond motifs is 7. The maximum Gasteiger partial charge on any atom is 0.302 e. The minimum Gasteiger partial charge on any atom is -0.463 e. The average molecular weight is 957 g/mol. The molecule has 0 unspecified atom stereocenters. The summed E-state index contributed by atoms with van der Waals surface area (Å²) in [7, 11) is 1.72. The molecule has 19 heteroatoms. The molecule has 9 rings (SSSR count). The summed E-state index contributed by atoms with van der Waals surface area (Å²) in [4.78, 5) is 11.5. The van der Waals surface area contributed by atoms with Crippen LogP contribution in [0.15, 0.2) is 11.6 Å². The Bertz CT molecular complexity index is 1790. The third-order valence-electron chi connectivity index (χ3n) is 18.3. The lowest BCUT2D eigenvalue weighted by atomic mass is 9.47. The Labute approximate surface area is 392 Å². The van der Waals surface area contributed by atoms with Crippen molar-refractivity contribution in [2.24, 2.45) is 46.3 Å². The van der Waals surface area contributed by atoms with Gasteiger partial charge in [-0.2, -0.15) is 0 Å². The molecule has 0 aromatic carbocycles. The van der Waals surface area contributed by atoms with Gasteiger partial charge in [0.05, 0.1) is 24.9 Å². The Hall–Kier alpha value is -1.47. The second kappa shape index (κ2) is 19.2. The van der Waals surface area contributed by atoms with E-state index in [-0.39, 0.29) is 29.1 Å². The first-order chi connectivity index (χ1) is 31.7. The standard InChI is InChI=1S/C48H76O19/c1-20-10-15-48(67-42(20)58-7)21(2)32-29(66-48)17-28-26-9-8-24-16-25(11-13-46(24,5)27(26)12-14-47(28,32)6)61-45-41(65-43-37(55)35(53)33(51)22(3)60-43)39(57)40(30(18-49)62-45)64-44-38(56)36(54)34(52)31(63-44)19-59-23(4)50/h8,20-22,25-45,49,51-57H,9-19H2,1-7H3/t20-,21+,22+,25+,26-,27+,28+,29+,30-,31-,32+,33+,34-,35-,36+,37-,38-,39+,40-,41-,42+,43+,44+,45-,46+,47+,48+/m1/s1. The van der Waals surface area contributed by atoms with Crippen molar-refractivity contribution in [3.63, 3.8) is 0 Å². The Balaban J connectivity index is 0.913. The monoisotopic (exact) mass is 956 g/mol. The third-order valence-corrected chi connectivity index (χ3v) is 18.3. The van der Waals surface area contributed by atoms with Crippen LogP contribution >= 0.6 is 0 Å². The number of esters is 1. The number of aliphatic hydroxyl groups excluding tert-OH is 8. The predicted octanol–water partition coefficient (Wildman–Crippen LogP) is 0.757. The predicted molar refractivity (Wildman–Crippen MR) is 230 cm³/mol. The topological polar surface area (TPSA) is 271 Å². The zero-order valence-electron chi connectivity index (χ0n) is 39.8. The summed E-state index contributed by atoms with van der Waals surface area (Å²) in [5.41, 5.74) is 1.36. The molecule has 5 aliphatic heterocycles. The van der Waals surface area contributed by atoms with Crippen LogP contribution in [0.2, 0.25) is 0 Å². The number of hydrogen-bond acceptors (Lipinski definition) is 19. The van der Waals surface area contributed by atoms with Crippen molar-refractivity contribution in [1.29, 1.82) is 0 Å². The van der Waals surface area contributed by atoms with Crippen molar-refractivity contribution in [3.8, 4) is 0 Å². The summed E-state index contributed by atoms with van der Waals surface area (Å²) in [6, 6.07) is 0. The van der Waals surface area contributed by atoms with Gasteiger partial charge in [0, 0.05) is 32.3 Å².